The van der Waals surface area contributed by atoms with Crippen LogP contribution in [-0.4, -0.2) is 49.4 Å². The van der Waals surface area contributed by atoms with Crippen molar-refractivity contribution in [3.05, 3.63) is 23.3 Å². The largest absolute Gasteiger partial charge is 0.496 e. The van der Waals surface area contributed by atoms with E-state index < -0.39 is 29.3 Å². The van der Waals surface area contributed by atoms with Crippen LogP contribution in [0.2, 0.25) is 0 Å². The summed E-state index contributed by atoms with van der Waals surface area (Å²) in [6.07, 6.45) is -10.6. The third kappa shape index (κ3) is 4.00. The van der Waals surface area contributed by atoms with Crippen LogP contribution in [0.1, 0.15) is 18.1 Å². The lowest BCUT2D eigenvalue weighted by molar-refractivity contribution is -0.376. The summed E-state index contributed by atoms with van der Waals surface area (Å²) in [5, 5.41) is 9.56. The minimum absolute atomic E-state index is 0.0171. The Labute approximate surface area is 140 Å². The van der Waals surface area contributed by atoms with Crippen molar-refractivity contribution in [1.29, 1.82) is 0 Å². The van der Waals surface area contributed by atoms with E-state index in [0.717, 1.165) is 13.2 Å². The average Bonchev–Trinajstić information content (AvgIpc) is 2.49. The second-order valence-corrected chi connectivity index (χ2v) is 5.36. The van der Waals surface area contributed by atoms with Gasteiger partial charge in [0.2, 0.25) is 0 Å². The van der Waals surface area contributed by atoms with Gasteiger partial charge in [-0.25, -0.2) is 4.99 Å². The Morgan fingerprint density at radius 1 is 1.16 bits per heavy atom. The van der Waals surface area contributed by atoms with Crippen LogP contribution in [0.4, 0.5) is 32.0 Å². The number of alkyl halides is 6. The van der Waals surface area contributed by atoms with Gasteiger partial charge in [0.05, 0.1) is 19.1 Å². The van der Waals surface area contributed by atoms with Gasteiger partial charge < -0.3 is 14.7 Å². The maximum atomic E-state index is 13.1. The minimum Gasteiger partial charge on any atom is -0.496 e. The number of aliphatic imine (C=N–C) groups is 1. The van der Waals surface area contributed by atoms with Gasteiger partial charge >= 0.3 is 12.4 Å². The van der Waals surface area contributed by atoms with Crippen LogP contribution in [-0.2, 0) is 5.60 Å². The lowest BCUT2D eigenvalue weighted by atomic mass is 9.89. The minimum atomic E-state index is -5.99. The van der Waals surface area contributed by atoms with Crippen LogP contribution >= 0.6 is 0 Å². The van der Waals surface area contributed by atoms with Crippen molar-refractivity contribution in [2.24, 2.45) is 4.99 Å². The maximum Gasteiger partial charge on any atom is 0.430 e. The number of halogens is 6. The van der Waals surface area contributed by atoms with Crippen molar-refractivity contribution >= 4 is 12.0 Å². The van der Waals surface area contributed by atoms with Gasteiger partial charge in [-0.15, -0.1) is 0 Å². The standard InChI is InChI=1S/C15H18F6N2O2/c1-5-23(3)8-22-11-7-12(25-4)10(6-9(11)2)13(24,14(16,17)18)15(19,20)21/h6-8,24H,5H2,1-4H3. The van der Waals surface area contributed by atoms with Crippen LogP contribution in [0.15, 0.2) is 17.1 Å². The highest BCUT2D eigenvalue weighted by atomic mass is 19.4. The molecule has 4 nitrogen and oxygen atoms in total. The molecule has 0 aromatic heterocycles. The van der Waals surface area contributed by atoms with Gasteiger partial charge in [0.1, 0.15) is 5.75 Å². The molecule has 10 heteroatoms. The number of nitrogens with zero attached hydrogens (tertiary/aromatic N) is 2. The zero-order valence-corrected chi connectivity index (χ0v) is 14.0. The normalized spacial score (nSPS) is 13.4. The summed E-state index contributed by atoms with van der Waals surface area (Å²) in [4.78, 5) is 5.66. The highest BCUT2D eigenvalue weighted by Crippen LogP contribution is 2.53. The molecule has 0 heterocycles. The quantitative estimate of drug-likeness (QED) is 0.484. The molecule has 0 spiro atoms. The lowest BCUT2D eigenvalue weighted by Gasteiger charge is -2.33. The Hall–Kier alpha value is -1.97. The Morgan fingerprint density at radius 2 is 1.68 bits per heavy atom. The van der Waals surface area contributed by atoms with Crippen LogP contribution in [0.25, 0.3) is 0 Å². The summed E-state index contributed by atoms with van der Waals surface area (Å²) in [5.41, 5.74) is -6.36. The average molecular weight is 372 g/mol. The van der Waals surface area contributed by atoms with E-state index in [1.807, 2.05) is 6.92 Å². The monoisotopic (exact) mass is 372 g/mol. The van der Waals surface area contributed by atoms with E-state index in [-0.39, 0.29) is 11.3 Å². The molecule has 0 radical (unpaired) electrons. The van der Waals surface area contributed by atoms with E-state index in [1.165, 1.54) is 13.3 Å². The molecule has 0 atom stereocenters. The molecule has 0 bridgehead atoms. The zero-order chi connectivity index (χ0) is 19.6. The Morgan fingerprint density at radius 3 is 2.08 bits per heavy atom. The Kier molecular flexibility index (Phi) is 5.99. The predicted molar refractivity (Wildman–Crippen MR) is 80.2 cm³/mol. The number of hydrogen-bond donors (Lipinski definition) is 1. The van der Waals surface area contributed by atoms with E-state index in [0.29, 0.717) is 12.6 Å². The summed E-state index contributed by atoms with van der Waals surface area (Å²) in [5.74, 6) is -0.769. The molecule has 0 aliphatic rings. The highest BCUT2D eigenvalue weighted by Gasteiger charge is 2.72. The van der Waals surface area contributed by atoms with Crippen molar-refractivity contribution in [3.63, 3.8) is 0 Å². The van der Waals surface area contributed by atoms with E-state index >= 15 is 0 Å². The van der Waals surface area contributed by atoms with E-state index in [1.54, 1.807) is 11.9 Å². The first-order valence-electron chi connectivity index (χ1n) is 7.09. The summed E-state index contributed by atoms with van der Waals surface area (Å²) < 4.78 is 83.1. The van der Waals surface area contributed by atoms with Gasteiger partial charge in [-0.1, -0.05) is 0 Å². The first-order valence-corrected chi connectivity index (χ1v) is 7.09. The van der Waals surface area contributed by atoms with Crippen molar-refractivity contribution < 1.29 is 36.2 Å². The number of rotatable bonds is 5. The molecule has 0 saturated carbocycles. The maximum absolute atomic E-state index is 13.1. The summed E-state index contributed by atoms with van der Waals surface area (Å²) in [6.45, 7) is 3.71. The molecule has 25 heavy (non-hydrogen) atoms. The fraction of sp³-hybridized carbons (Fsp3) is 0.533. The molecule has 1 aromatic carbocycles. The third-order valence-electron chi connectivity index (χ3n) is 3.62. The second kappa shape index (κ2) is 7.11. The van der Waals surface area contributed by atoms with Crippen molar-refractivity contribution in [3.8, 4) is 5.75 Å². The summed E-state index contributed by atoms with van der Waals surface area (Å²) >= 11 is 0. The van der Waals surface area contributed by atoms with Gasteiger partial charge in [-0.2, -0.15) is 26.3 Å². The number of methoxy groups -OCH3 is 1. The molecule has 1 N–H and O–H groups in total. The van der Waals surface area contributed by atoms with Crippen LogP contribution in [0.5, 0.6) is 5.75 Å². The van der Waals surface area contributed by atoms with Gasteiger partial charge in [0.15, 0.2) is 0 Å². The van der Waals surface area contributed by atoms with Gasteiger partial charge in [0, 0.05) is 25.2 Å². The third-order valence-corrected chi connectivity index (χ3v) is 3.62. The summed E-state index contributed by atoms with van der Waals surface area (Å²) in [7, 11) is 2.60. The highest BCUT2D eigenvalue weighted by molar-refractivity contribution is 5.65. The first-order chi connectivity index (χ1) is 11.3. The van der Waals surface area contributed by atoms with E-state index in [9.17, 15) is 31.4 Å². The molecule has 0 aliphatic heterocycles. The number of aliphatic hydroxyl groups is 1. The van der Waals surface area contributed by atoms with Crippen LogP contribution in [0.3, 0.4) is 0 Å². The fourth-order valence-electron chi connectivity index (χ4n) is 1.98. The smallest absolute Gasteiger partial charge is 0.430 e. The molecule has 1 aromatic rings. The van der Waals surface area contributed by atoms with Crippen molar-refractivity contribution in [2.45, 2.75) is 31.8 Å². The van der Waals surface area contributed by atoms with Crippen LogP contribution in [0, 0.1) is 6.92 Å². The number of hydrogen-bond acceptors (Lipinski definition) is 3. The van der Waals surface area contributed by atoms with Gasteiger partial charge in [-0.05, 0) is 25.5 Å². The zero-order valence-electron chi connectivity index (χ0n) is 14.0. The number of aryl methyl sites for hydroxylation is 1. The van der Waals surface area contributed by atoms with Gasteiger partial charge in [-0.3, -0.25) is 0 Å². The first kappa shape index (κ1) is 21.1. The number of ether oxygens (including phenoxy) is 1. The molecule has 0 fully saturated rings. The molecular weight excluding hydrogens is 354 g/mol. The molecular formula is C15H18F6N2O2. The second-order valence-electron chi connectivity index (χ2n) is 5.36. The summed E-state index contributed by atoms with van der Waals surface area (Å²) in [6, 6.07) is 1.51. The predicted octanol–water partition coefficient (Wildman–Crippen LogP) is 3.93. The molecule has 0 unspecified atom stereocenters. The van der Waals surface area contributed by atoms with E-state index in [4.69, 9.17) is 0 Å². The topological polar surface area (TPSA) is 45.1 Å². The molecule has 142 valence electrons. The van der Waals surface area contributed by atoms with Gasteiger partial charge in [0.25, 0.3) is 5.60 Å². The van der Waals surface area contributed by atoms with Crippen molar-refractivity contribution in [2.75, 3.05) is 20.7 Å². The number of benzene rings is 1. The SMILES string of the molecule is CCN(C)C=Nc1cc(OC)c(C(O)(C(F)(F)F)C(F)(F)F)cc1C. The fourth-order valence-corrected chi connectivity index (χ4v) is 1.98. The Bertz CT molecular complexity index is 626. The van der Waals surface area contributed by atoms with Crippen molar-refractivity contribution in [1.82, 2.24) is 4.90 Å². The Balaban J connectivity index is 3.61. The molecule has 0 aliphatic carbocycles. The lowest BCUT2D eigenvalue weighted by Crippen LogP contribution is -2.54. The molecule has 0 saturated heterocycles. The van der Waals surface area contributed by atoms with Crippen LogP contribution < -0.4 is 4.74 Å². The molecule has 1 rings (SSSR count). The van der Waals surface area contributed by atoms with E-state index in [2.05, 4.69) is 9.73 Å². The molecule has 0 amide bonds.